The number of aliphatic hydroxyl groups is 1. The molecule has 2 amide bonds. The zero-order valence-electron chi connectivity index (χ0n) is 92.6. The molecule has 16 heterocycles. The number of aromatic nitrogens is 24. The molecule has 9 radical (unpaired) electrons. The molecule has 0 aromatic carbocycles. The van der Waals surface area contributed by atoms with E-state index in [1.807, 2.05) is 95.5 Å². The van der Waals surface area contributed by atoms with E-state index in [1.165, 1.54) is 36.7 Å². The Balaban J connectivity index is 0.000000197. The number of aliphatic hydroxyl groups excluding tert-OH is 1. The summed E-state index contributed by atoms with van der Waals surface area (Å²) >= 11 is 5.70. The highest BCUT2D eigenvalue weighted by atomic mass is 35.5. The molecule has 4 aliphatic heterocycles. The Kier molecular flexibility index (Phi) is 47.8. The van der Waals surface area contributed by atoms with Crippen molar-refractivity contribution in [2.24, 2.45) is 0 Å². The number of amides is 2. The number of nitrogens with two attached hydrogens (primary N) is 3. The van der Waals surface area contributed by atoms with Crippen LogP contribution in [0.15, 0.2) is 49.6 Å². The average Bonchev–Trinajstić information content (AvgIpc) is 1.63. The summed E-state index contributed by atoms with van der Waals surface area (Å²) in [7, 11) is 20.0. The standard InChI is InChI=1S/C20H33N7O3.2C15H25N7O.C12H16B2N5O2.C11H16B2N5O.C9H18N2O2.C6H5B2ClN5.C5H12O/c1-6-7-14(2)29-18-23-16(21)17-22-12-15(27(17)24-18)13-25-8-10-26(11-9-25)19(28)30-20(3,4)5;2*1-3-4-11(2)23-15-19-13(16)14-18-9-12(22(14)20-15)10-21-7-5-17-6-8-21;1-3-4-8(2)21-12-17-10(16-7-14-13)11-15-5-9(6-20)19(11)18-12;1-3-4-8(2)19-11-16-9(15-7-13-12)10-14-5-6-18(10)17-11;1-9(2,3)13-8(12)11-6-4-10-5-7-11;7-8-3-11-4-5-10-1-2-14(5)13-6(9)12-4;1-3-4-5(2)6/h12,14H,6-11,13H2,1-5H3,(H2,21,23,24);2*9,11,17H,3-8,10H2,1-2H3,(H2,16,19,20);5-6,8H,3-4,7H2,1-2H3,(H,16,17,18);5-6,8H,3-4,7H2,1-2H3,(H,15,16,17);10H,4-7H2,1-3H3;1-2H,3H2,(H,11,12,13);5-6H,3-4H2,1-2H3/i/hD3. The molecule has 12 aromatic heterocycles. The topological polar surface area (TPSA) is 561 Å². The van der Waals surface area contributed by atoms with Crippen LogP contribution in [0.2, 0.25) is 9.52 Å². The van der Waals surface area contributed by atoms with Crippen LogP contribution in [0.1, 0.15) is 229 Å². The third kappa shape index (κ3) is 39.5. The Bertz CT molecular complexity index is 6020. The van der Waals surface area contributed by atoms with Gasteiger partial charge >= 0.3 is 42.2 Å². The van der Waals surface area contributed by atoms with Gasteiger partial charge in [-0.25, -0.2) is 66.6 Å². The number of carbonyl (C=O) groups is 3. The number of fused-ring (bicyclic) bond motifs is 6. The van der Waals surface area contributed by atoms with Crippen LogP contribution in [0.5, 0.6) is 30.1 Å². The molecule has 16 rings (SSSR count). The molecular formula is C93H150B6ClN38O11. The number of hydrogen-bond donors (Lipinski definition) is 10. The van der Waals surface area contributed by atoms with E-state index in [4.69, 9.17) is 94.5 Å². The van der Waals surface area contributed by atoms with Gasteiger partial charge in [0.2, 0.25) is 5.28 Å². The van der Waals surface area contributed by atoms with Crippen molar-refractivity contribution >= 4 is 144 Å². The highest BCUT2D eigenvalue weighted by Crippen LogP contribution is 2.26. The number of rotatable bonds is 38. The second kappa shape index (κ2) is 61.7. The van der Waals surface area contributed by atoms with Crippen LogP contribution in [0, 0.1) is 0 Å². The Morgan fingerprint density at radius 1 is 0.430 bits per heavy atom. The van der Waals surface area contributed by atoms with Gasteiger partial charge in [-0.15, -0.1) is 30.6 Å². The highest BCUT2D eigenvalue weighted by Gasteiger charge is 2.30. The zero-order chi connectivity index (χ0) is 111. The van der Waals surface area contributed by atoms with Crippen LogP contribution in [0.25, 0.3) is 33.9 Å². The molecule has 803 valence electrons. The molecule has 4 fully saturated rings. The minimum atomic E-state index is -0.487. The Labute approximate surface area is 887 Å². The molecular weight excluding hydrogens is 1930 g/mol. The third-order valence-corrected chi connectivity index (χ3v) is 22.5. The number of imidazole rings is 6. The summed E-state index contributed by atoms with van der Waals surface area (Å²) in [5.41, 5.74) is 23.4. The van der Waals surface area contributed by atoms with Crippen LogP contribution in [0.3, 0.4) is 0 Å². The van der Waals surface area contributed by atoms with E-state index >= 15 is 0 Å². The first-order chi connectivity index (χ1) is 72.7. The van der Waals surface area contributed by atoms with Crippen molar-refractivity contribution in [2.75, 3.05) is 157 Å². The van der Waals surface area contributed by atoms with E-state index in [2.05, 4.69) is 163 Å². The van der Waals surface area contributed by atoms with Crippen LogP contribution in [-0.4, -0.2) is 382 Å². The fourth-order valence-corrected chi connectivity index (χ4v) is 15.4. The monoisotopic (exact) mass is 2080 g/mol. The number of halogens is 1. The van der Waals surface area contributed by atoms with E-state index in [-0.39, 0.29) is 109 Å². The first kappa shape index (κ1) is 115. The Morgan fingerprint density at radius 2 is 0.738 bits per heavy atom. The second-order valence-corrected chi connectivity index (χ2v) is 38.2. The third-order valence-electron chi connectivity index (χ3n) is 22.3. The summed E-state index contributed by atoms with van der Waals surface area (Å²) in [5, 5.41) is 47.6. The number of nitrogen functional groups attached to an aromatic ring is 3. The SMILES string of the molecule is CC(C)(C)OC(=O)N1CCNCC1.CCCC(C)O.CCCC(C)Oc1nc(N)c2ncc(CN3CCN(C(=O)OC(C)(C)C)CC3)n2n1.CCCC(C)Oc1nc(N)c2ncc(CN3CCNCC3)n2n1.CCCC(C)Oc1nc(N)c2ncc(CN3CCNCC3)n2n1.[2H]N(C[B][B])c1nc(Cl)nn2ccnc12.[2H]N(C[B][B])c1nc(OC(C)CCC)nn2c(C=O)cnc12.[2H]N(C[B][B])c1nc(OC(C)CCC)nn2ccnc12. The summed E-state index contributed by atoms with van der Waals surface area (Å²) in [4.78, 5) is 95.7. The summed E-state index contributed by atoms with van der Waals surface area (Å²) in [6, 6.07) is 1.22. The predicted octanol–water partition coefficient (Wildman–Crippen LogP) is 7.12. The average molecular weight is 2080 g/mol. The number of anilines is 6. The van der Waals surface area contributed by atoms with Gasteiger partial charge in [0.05, 0.1) is 100 Å². The maximum atomic E-state index is 12.2. The second-order valence-electron chi connectivity index (χ2n) is 37.8. The molecule has 6 atom stereocenters. The van der Waals surface area contributed by atoms with E-state index < -0.39 is 5.60 Å². The molecule has 6 unspecified atom stereocenters. The van der Waals surface area contributed by atoms with Crippen molar-refractivity contribution in [3.8, 4) is 30.1 Å². The molecule has 12 aromatic rings. The van der Waals surface area contributed by atoms with Crippen LogP contribution < -0.4 is 72.8 Å². The van der Waals surface area contributed by atoms with Gasteiger partial charge in [-0.05, 0) is 153 Å². The minimum absolute atomic E-state index is 0.0137. The van der Waals surface area contributed by atoms with Gasteiger partial charge < -0.3 is 97.1 Å². The maximum Gasteiger partial charge on any atom is 0.410 e. The van der Waals surface area contributed by atoms with Crippen LogP contribution in [-0.2, 0) is 29.1 Å². The summed E-state index contributed by atoms with van der Waals surface area (Å²) in [6.07, 6.45) is 25.8. The lowest BCUT2D eigenvalue weighted by Gasteiger charge is -2.35. The number of aldehydes is 1. The molecule has 0 bridgehead atoms. The lowest BCUT2D eigenvalue weighted by molar-refractivity contribution is 0.0136. The van der Waals surface area contributed by atoms with Gasteiger partial charge in [0.1, 0.15) is 16.9 Å². The number of nitrogens with zero attached hydrogens (tertiary/aromatic N) is 29. The van der Waals surface area contributed by atoms with E-state index in [9.17, 15) is 14.4 Å². The lowest BCUT2D eigenvalue weighted by atomic mass is 9.56. The predicted molar refractivity (Wildman–Crippen MR) is 580 cm³/mol. The first-order valence-electron chi connectivity index (χ1n) is 52.5. The first-order valence-corrected chi connectivity index (χ1v) is 51.6. The largest absolute Gasteiger partial charge is 0.459 e. The van der Waals surface area contributed by atoms with Crippen molar-refractivity contribution in [3.05, 3.63) is 77.6 Å². The van der Waals surface area contributed by atoms with Crippen molar-refractivity contribution < 1.29 is 56.9 Å². The number of carbonyl (C=O) groups excluding carboxylic acids is 3. The fraction of sp³-hybridized carbons (Fsp3) is 0.645. The molecule has 49 nitrogen and oxygen atoms in total. The van der Waals surface area contributed by atoms with Gasteiger partial charge in [0.15, 0.2) is 79.3 Å². The van der Waals surface area contributed by atoms with Crippen molar-refractivity contribution in [3.63, 3.8) is 0 Å². The quantitative estimate of drug-likeness (QED) is 0.0136. The molecule has 0 spiro atoms. The lowest BCUT2D eigenvalue weighted by Crippen LogP contribution is -2.49. The Hall–Kier alpha value is -12.3. The molecule has 56 heteroatoms. The summed E-state index contributed by atoms with van der Waals surface area (Å²) in [5.74, 6) is 1.91. The van der Waals surface area contributed by atoms with Crippen molar-refractivity contribution in [1.29, 1.82) is 0 Å². The van der Waals surface area contributed by atoms with Crippen LogP contribution >= 0.6 is 11.6 Å². The van der Waals surface area contributed by atoms with Gasteiger partial charge in [-0.1, -0.05) is 80.1 Å². The van der Waals surface area contributed by atoms with Crippen molar-refractivity contribution in [2.45, 2.75) is 269 Å². The van der Waals surface area contributed by atoms with E-state index in [0.29, 0.717) is 101 Å². The number of piperazine rings is 4. The number of nitrogens with one attached hydrogen (secondary N) is 6. The van der Waals surface area contributed by atoms with Gasteiger partial charge in [0.25, 0.3) is 0 Å². The normalized spacial score (nSPS) is 15.5. The number of ether oxygens (including phenoxy) is 7. The molecule has 4 saturated heterocycles. The molecule has 4 aliphatic rings. The smallest absolute Gasteiger partial charge is 0.410 e. The molecule has 149 heavy (non-hydrogen) atoms. The maximum absolute atomic E-state index is 12.2. The summed E-state index contributed by atoms with van der Waals surface area (Å²) < 4.78 is 72.5. The molecule has 13 N–H and O–H groups in total. The fourth-order valence-electron chi connectivity index (χ4n) is 15.3. The van der Waals surface area contributed by atoms with E-state index in [1.54, 1.807) is 58.8 Å². The van der Waals surface area contributed by atoms with E-state index in [0.717, 1.165) is 215 Å². The van der Waals surface area contributed by atoms with Crippen molar-refractivity contribution in [1.82, 2.24) is 158 Å². The van der Waals surface area contributed by atoms with Gasteiger partial charge in [0, 0.05) is 172 Å². The van der Waals surface area contributed by atoms with Gasteiger partial charge in [-0.3, -0.25) is 19.5 Å². The zero-order valence-corrected chi connectivity index (χ0v) is 90.4. The highest BCUT2D eigenvalue weighted by molar-refractivity contribution is 6.90. The Morgan fingerprint density at radius 3 is 1.07 bits per heavy atom. The summed E-state index contributed by atoms with van der Waals surface area (Å²) in [6.45, 7) is 51.8. The van der Waals surface area contributed by atoms with Crippen LogP contribution in [0.4, 0.5) is 44.5 Å². The molecule has 0 aliphatic carbocycles. The minimum Gasteiger partial charge on any atom is -0.459 e. The molecule has 0 saturated carbocycles. The van der Waals surface area contributed by atoms with Gasteiger partial charge in [-0.2, -0.15) is 29.9 Å². The number of hydrogen-bond acceptors (Lipinski definition) is 41.